The first-order chi connectivity index (χ1) is 15.9. The molecule has 0 aliphatic heterocycles. The molecule has 6 nitrogen and oxygen atoms in total. The fourth-order valence-electron chi connectivity index (χ4n) is 3.81. The molecular formula is C26H39NO5Si. The van der Waals surface area contributed by atoms with E-state index in [1.54, 1.807) is 0 Å². The summed E-state index contributed by atoms with van der Waals surface area (Å²) < 4.78 is 23.0. The van der Waals surface area contributed by atoms with Crippen molar-refractivity contribution in [3.8, 4) is 0 Å². The maximum Gasteiger partial charge on any atom is 0.407 e. The fraction of sp³-hybridized carbons (Fsp3) is 0.500. The third-order valence-electron chi connectivity index (χ3n) is 5.29. The van der Waals surface area contributed by atoms with Crippen LogP contribution in [0.15, 0.2) is 60.7 Å². The van der Waals surface area contributed by atoms with Gasteiger partial charge in [-0.1, -0.05) is 88.4 Å². The van der Waals surface area contributed by atoms with Crippen LogP contribution in [-0.4, -0.2) is 60.6 Å². The predicted octanol–water partition coefficient (Wildman–Crippen LogP) is 3.73. The van der Waals surface area contributed by atoms with E-state index < -0.39 is 14.4 Å². The first kappa shape index (κ1) is 27.1. The number of carbonyl (C=O) groups is 1. The van der Waals surface area contributed by atoms with Gasteiger partial charge in [-0.25, -0.2) is 4.79 Å². The van der Waals surface area contributed by atoms with Gasteiger partial charge in [-0.15, -0.1) is 0 Å². The normalized spacial score (nSPS) is 11.9. The van der Waals surface area contributed by atoms with Crippen LogP contribution >= 0.6 is 0 Å². The van der Waals surface area contributed by atoms with Gasteiger partial charge in [-0.2, -0.15) is 0 Å². The highest BCUT2D eigenvalue weighted by Gasteiger charge is 2.49. The van der Waals surface area contributed by atoms with Crippen LogP contribution in [0.3, 0.4) is 0 Å². The zero-order valence-corrected chi connectivity index (χ0v) is 21.5. The van der Waals surface area contributed by atoms with E-state index in [9.17, 15) is 4.79 Å². The van der Waals surface area contributed by atoms with Gasteiger partial charge in [0.05, 0.1) is 39.6 Å². The van der Waals surface area contributed by atoms with Gasteiger partial charge in [0.25, 0.3) is 8.32 Å². The molecule has 0 radical (unpaired) electrons. The molecule has 0 spiro atoms. The number of alkyl carbamates (subject to hydrolysis) is 1. The van der Waals surface area contributed by atoms with E-state index in [0.717, 1.165) is 6.42 Å². The highest BCUT2D eigenvalue weighted by Crippen LogP contribution is 2.36. The summed E-state index contributed by atoms with van der Waals surface area (Å²) in [7, 11) is -2.52. The summed E-state index contributed by atoms with van der Waals surface area (Å²) in [4.78, 5) is 11.3. The molecule has 2 aromatic rings. The van der Waals surface area contributed by atoms with Gasteiger partial charge in [0.15, 0.2) is 0 Å². The second-order valence-electron chi connectivity index (χ2n) is 8.80. The average Bonchev–Trinajstić information content (AvgIpc) is 2.81. The number of rotatable bonds is 14. The van der Waals surface area contributed by atoms with Gasteiger partial charge in [0, 0.05) is 6.54 Å². The molecule has 2 rings (SSSR count). The van der Waals surface area contributed by atoms with E-state index in [0.29, 0.717) is 46.2 Å². The summed E-state index contributed by atoms with van der Waals surface area (Å²) in [6, 6.07) is 21.2. The Morgan fingerprint density at radius 2 is 1.30 bits per heavy atom. The second-order valence-corrected chi connectivity index (χ2v) is 13.1. The molecule has 0 aliphatic rings. The first-order valence-electron chi connectivity index (χ1n) is 11.7. The molecule has 0 heterocycles. The van der Waals surface area contributed by atoms with Crippen molar-refractivity contribution in [3.63, 3.8) is 0 Å². The van der Waals surface area contributed by atoms with E-state index in [-0.39, 0.29) is 5.04 Å². The van der Waals surface area contributed by atoms with Crippen molar-refractivity contribution in [2.45, 2.75) is 39.2 Å². The lowest BCUT2D eigenvalue weighted by Crippen LogP contribution is -2.66. The minimum Gasteiger partial charge on any atom is -0.450 e. The number of amides is 1. The molecule has 182 valence electrons. The Labute approximate surface area is 199 Å². The zero-order chi connectivity index (χ0) is 24.0. The summed E-state index contributed by atoms with van der Waals surface area (Å²) in [5.41, 5.74) is 0. The largest absolute Gasteiger partial charge is 0.450 e. The van der Waals surface area contributed by atoms with Crippen molar-refractivity contribution < 1.29 is 23.4 Å². The van der Waals surface area contributed by atoms with E-state index in [2.05, 4.69) is 74.6 Å². The van der Waals surface area contributed by atoms with Crippen LogP contribution in [0, 0.1) is 0 Å². The number of carbonyl (C=O) groups excluding carboxylic acids is 1. The second kappa shape index (κ2) is 14.2. The van der Waals surface area contributed by atoms with E-state index in [1.807, 2.05) is 19.1 Å². The third kappa shape index (κ3) is 8.26. The molecule has 0 atom stereocenters. The van der Waals surface area contributed by atoms with Crippen molar-refractivity contribution in [2.75, 3.05) is 46.2 Å². The molecule has 0 aliphatic carbocycles. The van der Waals surface area contributed by atoms with Gasteiger partial charge in [-0.05, 0) is 21.8 Å². The molecule has 33 heavy (non-hydrogen) atoms. The molecule has 7 heteroatoms. The number of benzene rings is 2. The zero-order valence-electron chi connectivity index (χ0n) is 20.5. The van der Waals surface area contributed by atoms with E-state index in [4.69, 9.17) is 18.6 Å². The Bertz CT molecular complexity index is 756. The number of ether oxygens (including phenoxy) is 3. The molecule has 1 amide bonds. The smallest absolute Gasteiger partial charge is 0.407 e. The Kier molecular flexibility index (Phi) is 11.6. The monoisotopic (exact) mass is 473 g/mol. The standard InChI is InChI=1S/C26H39NO5Si/c1-5-17-31-25(28)27-16-18-29-19-20-30-21-22-32-33(26(2,3)4,23-12-8-6-9-13-23)24-14-10-7-11-15-24/h6-15H,5,16-22H2,1-4H3,(H,27,28). The topological polar surface area (TPSA) is 66.0 Å². The quantitative estimate of drug-likeness (QED) is 0.335. The summed E-state index contributed by atoms with van der Waals surface area (Å²) >= 11 is 0. The van der Waals surface area contributed by atoms with Crippen molar-refractivity contribution in [2.24, 2.45) is 0 Å². The Morgan fingerprint density at radius 3 is 1.82 bits per heavy atom. The maximum atomic E-state index is 11.3. The molecule has 2 aromatic carbocycles. The van der Waals surface area contributed by atoms with Crippen LogP contribution in [0.2, 0.25) is 5.04 Å². The van der Waals surface area contributed by atoms with Crippen molar-refractivity contribution in [3.05, 3.63) is 60.7 Å². The predicted molar refractivity (Wildman–Crippen MR) is 135 cm³/mol. The highest BCUT2D eigenvalue weighted by molar-refractivity contribution is 6.99. The highest BCUT2D eigenvalue weighted by atomic mass is 28.4. The van der Waals surface area contributed by atoms with Crippen LogP contribution in [0.4, 0.5) is 4.79 Å². The van der Waals surface area contributed by atoms with Crippen LogP contribution in [0.25, 0.3) is 0 Å². The van der Waals surface area contributed by atoms with Crippen LogP contribution < -0.4 is 15.7 Å². The van der Waals surface area contributed by atoms with Crippen LogP contribution in [0.1, 0.15) is 34.1 Å². The number of nitrogens with one attached hydrogen (secondary N) is 1. The molecular weight excluding hydrogens is 434 g/mol. The lowest BCUT2D eigenvalue weighted by atomic mass is 10.2. The van der Waals surface area contributed by atoms with Gasteiger partial charge in [0.2, 0.25) is 0 Å². The number of hydrogen-bond donors (Lipinski definition) is 1. The van der Waals surface area contributed by atoms with Crippen molar-refractivity contribution >= 4 is 24.8 Å². The Morgan fingerprint density at radius 1 is 0.788 bits per heavy atom. The molecule has 0 saturated heterocycles. The Hall–Kier alpha value is -2.19. The van der Waals surface area contributed by atoms with E-state index in [1.165, 1.54) is 10.4 Å². The summed E-state index contributed by atoms with van der Waals surface area (Å²) in [6.07, 6.45) is 0.401. The lowest BCUT2D eigenvalue weighted by Gasteiger charge is -2.43. The van der Waals surface area contributed by atoms with Crippen LogP contribution in [-0.2, 0) is 18.6 Å². The fourth-order valence-corrected chi connectivity index (χ4v) is 8.35. The summed E-state index contributed by atoms with van der Waals surface area (Å²) in [5.74, 6) is 0. The van der Waals surface area contributed by atoms with Gasteiger partial charge in [0.1, 0.15) is 0 Å². The molecule has 0 saturated carbocycles. The summed E-state index contributed by atoms with van der Waals surface area (Å²) in [6.45, 7) is 12.0. The first-order valence-corrected chi connectivity index (χ1v) is 13.6. The SMILES string of the molecule is CCCOC(=O)NCCOCCOCCO[Si](c1ccccc1)(c1ccccc1)C(C)(C)C. The van der Waals surface area contributed by atoms with Gasteiger partial charge in [-0.3, -0.25) is 0 Å². The molecule has 0 fully saturated rings. The molecule has 0 aromatic heterocycles. The number of hydrogen-bond acceptors (Lipinski definition) is 5. The van der Waals surface area contributed by atoms with Crippen molar-refractivity contribution in [1.82, 2.24) is 5.32 Å². The van der Waals surface area contributed by atoms with Gasteiger partial charge >= 0.3 is 6.09 Å². The van der Waals surface area contributed by atoms with Gasteiger partial charge < -0.3 is 24.0 Å². The lowest BCUT2D eigenvalue weighted by molar-refractivity contribution is 0.0358. The van der Waals surface area contributed by atoms with E-state index >= 15 is 0 Å². The molecule has 0 bridgehead atoms. The molecule has 0 unspecified atom stereocenters. The molecule has 1 N–H and O–H groups in total. The Balaban J connectivity index is 1.82. The average molecular weight is 474 g/mol. The van der Waals surface area contributed by atoms with Crippen LogP contribution in [0.5, 0.6) is 0 Å². The maximum absolute atomic E-state index is 11.3. The van der Waals surface area contributed by atoms with Crippen molar-refractivity contribution in [1.29, 1.82) is 0 Å². The minimum absolute atomic E-state index is 0.0515. The minimum atomic E-state index is -2.52. The summed E-state index contributed by atoms with van der Waals surface area (Å²) in [5, 5.41) is 5.12. The third-order valence-corrected chi connectivity index (χ3v) is 10.3.